The third-order valence-corrected chi connectivity index (χ3v) is 3.85. The fourth-order valence-corrected chi connectivity index (χ4v) is 2.63. The van der Waals surface area contributed by atoms with Crippen molar-refractivity contribution in [3.63, 3.8) is 0 Å². The normalized spacial score (nSPS) is 19.1. The van der Waals surface area contributed by atoms with Crippen molar-refractivity contribution in [2.75, 3.05) is 19.6 Å². The first-order valence-electron chi connectivity index (χ1n) is 6.95. The number of rotatable bonds is 2. The lowest BCUT2D eigenvalue weighted by Crippen LogP contribution is -2.53. The van der Waals surface area contributed by atoms with E-state index in [9.17, 15) is 9.59 Å². The Morgan fingerprint density at radius 3 is 3.10 bits per heavy atom. The number of aryl methyl sites for hydroxylation is 1. The molecule has 1 aliphatic rings. The van der Waals surface area contributed by atoms with Crippen LogP contribution in [0.25, 0.3) is 11.0 Å². The number of hydrogen-bond acceptors (Lipinski definition) is 5. The highest BCUT2D eigenvalue weighted by atomic mass is 16.2. The third kappa shape index (κ3) is 2.42. The number of hydrogen-bond donors (Lipinski definition) is 1. The summed E-state index contributed by atoms with van der Waals surface area (Å²) >= 11 is 0. The van der Waals surface area contributed by atoms with Crippen LogP contribution in [0.4, 0.5) is 0 Å². The molecule has 3 heterocycles. The van der Waals surface area contributed by atoms with E-state index in [0.29, 0.717) is 17.6 Å². The van der Waals surface area contributed by atoms with Crippen molar-refractivity contribution in [2.24, 2.45) is 7.05 Å². The number of piperazine rings is 1. The summed E-state index contributed by atoms with van der Waals surface area (Å²) in [5.74, 6) is -0.0591. The van der Waals surface area contributed by atoms with E-state index >= 15 is 0 Å². The standard InChI is InChI=1S/C13H18N6O2/c1-9-5-14-3-4-19(9)11(20)7-18-8-15-12-10(13(18)21)6-16-17(12)2/h6,8-9,14H,3-5,7H2,1-2H3/t9-/m1/s1. The molecule has 1 N–H and O–H groups in total. The molecule has 1 atom stereocenters. The molecule has 0 radical (unpaired) electrons. The third-order valence-electron chi connectivity index (χ3n) is 3.85. The fraction of sp³-hybridized carbons (Fsp3) is 0.538. The van der Waals surface area contributed by atoms with Gasteiger partial charge in [0.15, 0.2) is 5.65 Å². The summed E-state index contributed by atoms with van der Waals surface area (Å²) in [5.41, 5.74) is 0.295. The Labute approximate surface area is 121 Å². The average molecular weight is 290 g/mol. The van der Waals surface area contributed by atoms with Crippen LogP contribution in [0, 0.1) is 0 Å². The maximum absolute atomic E-state index is 12.4. The van der Waals surface area contributed by atoms with Gasteiger partial charge in [-0.1, -0.05) is 0 Å². The highest BCUT2D eigenvalue weighted by Crippen LogP contribution is 2.06. The van der Waals surface area contributed by atoms with Gasteiger partial charge in [0.2, 0.25) is 5.91 Å². The van der Waals surface area contributed by atoms with Gasteiger partial charge in [-0.25, -0.2) is 4.98 Å². The Hall–Kier alpha value is -2.22. The molecule has 1 amide bonds. The number of nitrogens with zero attached hydrogens (tertiary/aromatic N) is 5. The van der Waals surface area contributed by atoms with Crippen LogP contribution < -0.4 is 10.9 Å². The summed E-state index contributed by atoms with van der Waals surface area (Å²) in [6, 6.07) is 0.136. The molecule has 0 bridgehead atoms. The molecule has 2 aromatic rings. The molecule has 1 aliphatic heterocycles. The molecule has 1 fully saturated rings. The van der Waals surface area contributed by atoms with Crippen molar-refractivity contribution in [2.45, 2.75) is 19.5 Å². The lowest BCUT2D eigenvalue weighted by Gasteiger charge is -2.34. The molecule has 0 spiro atoms. The average Bonchev–Trinajstić information content (AvgIpc) is 2.84. The van der Waals surface area contributed by atoms with Gasteiger partial charge in [0.25, 0.3) is 5.56 Å². The molecule has 8 heteroatoms. The number of fused-ring (bicyclic) bond motifs is 1. The van der Waals surface area contributed by atoms with Crippen LogP contribution in [-0.4, -0.2) is 55.8 Å². The molecule has 21 heavy (non-hydrogen) atoms. The van der Waals surface area contributed by atoms with Crippen molar-refractivity contribution in [3.05, 3.63) is 22.9 Å². The van der Waals surface area contributed by atoms with E-state index in [4.69, 9.17) is 0 Å². The van der Waals surface area contributed by atoms with Crippen molar-refractivity contribution in [3.8, 4) is 0 Å². The monoisotopic (exact) mass is 290 g/mol. The summed E-state index contributed by atoms with van der Waals surface area (Å²) in [6.07, 6.45) is 2.90. The summed E-state index contributed by atoms with van der Waals surface area (Å²) in [7, 11) is 1.73. The predicted molar refractivity (Wildman–Crippen MR) is 76.8 cm³/mol. The van der Waals surface area contributed by atoms with Gasteiger partial charge in [-0.05, 0) is 6.92 Å². The second-order valence-corrected chi connectivity index (χ2v) is 5.32. The van der Waals surface area contributed by atoms with Gasteiger partial charge >= 0.3 is 0 Å². The molecule has 0 aromatic carbocycles. The predicted octanol–water partition coefficient (Wildman–Crippen LogP) is -1.05. The number of nitrogens with one attached hydrogen (secondary N) is 1. The topological polar surface area (TPSA) is 85.1 Å². The van der Waals surface area contributed by atoms with E-state index < -0.39 is 0 Å². The first-order valence-corrected chi connectivity index (χ1v) is 6.95. The van der Waals surface area contributed by atoms with E-state index in [2.05, 4.69) is 15.4 Å². The highest BCUT2D eigenvalue weighted by molar-refractivity contribution is 5.77. The van der Waals surface area contributed by atoms with E-state index in [1.54, 1.807) is 16.6 Å². The Morgan fingerprint density at radius 1 is 1.52 bits per heavy atom. The summed E-state index contributed by atoms with van der Waals surface area (Å²) in [4.78, 5) is 30.7. The van der Waals surface area contributed by atoms with Crippen molar-refractivity contribution < 1.29 is 4.79 Å². The highest BCUT2D eigenvalue weighted by Gasteiger charge is 2.23. The SMILES string of the molecule is C[C@@H]1CNCCN1C(=O)Cn1cnc2c(cnn2C)c1=O. The Balaban J connectivity index is 1.86. The maximum atomic E-state index is 12.4. The van der Waals surface area contributed by atoms with Gasteiger partial charge in [-0.15, -0.1) is 0 Å². The fourth-order valence-electron chi connectivity index (χ4n) is 2.63. The molecule has 2 aromatic heterocycles. The zero-order valence-corrected chi connectivity index (χ0v) is 12.1. The molecule has 1 saturated heterocycles. The molecule has 0 saturated carbocycles. The lowest BCUT2D eigenvalue weighted by atomic mass is 10.2. The van der Waals surface area contributed by atoms with E-state index in [1.807, 2.05) is 6.92 Å². The number of carbonyl (C=O) groups is 1. The zero-order chi connectivity index (χ0) is 15.0. The summed E-state index contributed by atoms with van der Waals surface area (Å²) in [6.45, 7) is 4.24. The second-order valence-electron chi connectivity index (χ2n) is 5.32. The van der Waals surface area contributed by atoms with E-state index in [1.165, 1.54) is 17.1 Å². The van der Waals surface area contributed by atoms with Crippen molar-refractivity contribution in [1.29, 1.82) is 0 Å². The second kappa shape index (κ2) is 5.28. The summed E-state index contributed by atoms with van der Waals surface area (Å²) < 4.78 is 2.89. The van der Waals surface area contributed by atoms with E-state index in [0.717, 1.165) is 13.1 Å². The largest absolute Gasteiger partial charge is 0.336 e. The Morgan fingerprint density at radius 2 is 2.33 bits per heavy atom. The zero-order valence-electron chi connectivity index (χ0n) is 12.1. The van der Waals surface area contributed by atoms with Crippen LogP contribution in [-0.2, 0) is 18.4 Å². The Bertz CT molecular complexity index is 734. The molecule has 0 unspecified atom stereocenters. The lowest BCUT2D eigenvalue weighted by molar-refractivity contribution is -0.134. The minimum Gasteiger partial charge on any atom is -0.336 e. The van der Waals surface area contributed by atoms with Crippen molar-refractivity contribution in [1.82, 2.24) is 29.5 Å². The minimum atomic E-state index is -0.232. The number of aromatic nitrogens is 4. The van der Waals surface area contributed by atoms with Crippen LogP contribution in [0.2, 0.25) is 0 Å². The van der Waals surface area contributed by atoms with Crippen LogP contribution in [0.15, 0.2) is 17.3 Å². The minimum absolute atomic E-state index is 0.0149. The van der Waals surface area contributed by atoms with Crippen LogP contribution >= 0.6 is 0 Å². The molecular formula is C13H18N6O2. The first kappa shape index (κ1) is 13.7. The smallest absolute Gasteiger partial charge is 0.264 e. The maximum Gasteiger partial charge on any atom is 0.264 e. The van der Waals surface area contributed by atoms with E-state index in [-0.39, 0.29) is 24.1 Å². The van der Waals surface area contributed by atoms with Gasteiger partial charge in [0, 0.05) is 32.7 Å². The summed E-state index contributed by atoms with van der Waals surface area (Å²) in [5, 5.41) is 7.68. The number of amides is 1. The molecule has 112 valence electrons. The van der Waals surface area contributed by atoms with Gasteiger partial charge < -0.3 is 10.2 Å². The molecular weight excluding hydrogens is 272 g/mol. The molecule has 0 aliphatic carbocycles. The Kier molecular flexibility index (Phi) is 3.46. The van der Waals surface area contributed by atoms with Crippen LogP contribution in [0.5, 0.6) is 0 Å². The quantitative estimate of drug-likeness (QED) is 0.763. The number of carbonyl (C=O) groups excluding carboxylic acids is 1. The van der Waals surface area contributed by atoms with Gasteiger partial charge in [0.1, 0.15) is 18.3 Å². The van der Waals surface area contributed by atoms with Crippen molar-refractivity contribution >= 4 is 16.9 Å². The van der Waals surface area contributed by atoms with Crippen LogP contribution in [0.1, 0.15) is 6.92 Å². The van der Waals surface area contributed by atoms with Gasteiger partial charge in [-0.2, -0.15) is 5.10 Å². The van der Waals surface area contributed by atoms with Gasteiger partial charge in [-0.3, -0.25) is 18.8 Å². The molecule has 3 rings (SSSR count). The van der Waals surface area contributed by atoms with Crippen LogP contribution in [0.3, 0.4) is 0 Å². The van der Waals surface area contributed by atoms with Gasteiger partial charge in [0.05, 0.1) is 6.20 Å². The first-order chi connectivity index (χ1) is 10.1. The molecule has 8 nitrogen and oxygen atoms in total.